The quantitative estimate of drug-likeness (QED) is 0.196. The Bertz CT molecular complexity index is 1590. The van der Waals surface area contributed by atoms with Crippen molar-refractivity contribution in [1.82, 2.24) is 4.90 Å². The summed E-state index contributed by atoms with van der Waals surface area (Å²) in [6, 6.07) is 10.2. The van der Waals surface area contributed by atoms with Gasteiger partial charge in [-0.15, -0.1) is 0 Å². The molecule has 0 aromatic heterocycles. The monoisotopic (exact) mass is 627 g/mol. The Hall–Kier alpha value is -4.01. The van der Waals surface area contributed by atoms with E-state index in [-0.39, 0.29) is 48.6 Å². The topological polar surface area (TPSA) is 116 Å². The number of ketones is 2. The van der Waals surface area contributed by atoms with Gasteiger partial charge in [0.2, 0.25) is 5.78 Å². The van der Waals surface area contributed by atoms with Crippen molar-refractivity contribution in [3.05, 3.63) is 58.7 Å². The molecular weight excluding hydrogens is 586 g/mol. The number of carbonyl (C=O) groups excluding carboxylic acids is 5. The average Bonchev–Trinajstić information content (AvgIpc) is 3.74. The Morgan fingerprint density at radius 2 is 1.41 bits per heavy atom. The third-order valence-electron chi connectivity index (χ3n) is 10.4. The minimum atomic E-state index is -0.737. The molecule has 4 aliphatic carbocycles. The Morgan fingerprint density at radius 3 is 2.13 bits per heavy atom. The van der Waals surface area contributed by atoms with Gasteiger partial charge in [-0.25, -0.2) is 9.59 Å². The second-order valence-electron chi connectivity index (χ2n) is 14.7. The number of carbonyl (C=O) groups is 5. The van der Waals surface area contributed by atoms with Crippen LogP contribution in [0.15, 0.2) is 36.4 Å². The molecule has 9 nitrogen and oxygen atoms in total. The molecule has 0 bridgehead atoms. The second kappa shape index (κ2) is 11.7. The van der Waals surface area contributed by atoms with Crippen molar-refractivity contribution in [2.45, 2.75) is 89.8 Å². The number of esters is 2. The molecule has 1 aliphatic heterocycles. The van der Waals surface area contributed by atoms with E-state index in [2.05, 4.69) is 0 Å². The Morgan fingerprint density at radius 1 is 0.739 bits per heavy atom. The lowest BCUT2D eigenvalue weighted by molar-refractivity contribution is -0.148. The van der Waals surface area contributed by atoms with Crippen molar-refractivity contribution in [3.8, 4) is 11.1 Å². The summed E-state index contributed by atoms with van der Waals surface area (Å²) < 4.78 is 16.4. The highest BCUT2D eigenvalue weighted by Gasteiger charge is 2.57. The largest absolute Gasteiger partial charge is 0.457 e. The summed E-state index contributed by atoms with van der Waals surface area (Å²) in [4.78, 5) is 65.8. The standard InChI is InChI=1S/C37H41NO8/c1-37(2,3)46-36(43)38-30-16-24(30)17-31(38)35(42)45-19-33(40)29-12-11-26(27-5-4-6-28(27)29)20-7-9-21(10-8-20)32(39)18-44-34(41)25-14-22-13-23(22)15-25/h7-12,22-25,30-31H,4-6,13-19H2,1-3H3/t22-,23+,24-,25?,30-,31+/m1/s1. The number of piperidine rings is 1. The maximum atomic E-state index is 13.3. The summed E-state index contributed by atoms with van der Waals surface area (Å²) >= 11 is 0. The van der Waals surface area contributed by atoms with E-state index in [1.165, 1.54) is 11.3 Å². The normalized spacial score (nSPS) is 26.9. The van der Waals surface area contributed by atoms with Crippen LogP contribution < -0.4 is 0 Å². The van der Waals surface area contributed by atoms with Gasteiger partial charge in [-0.1, -0.05) is 36.4 Å². The molecule has 6 atom stereocenters. The Labute approximate surface area is 268 Å². The van der Waals surface area contributed by atoms with Crippen LogP contribution in [-0.2, 0) is 36.6 Å². The first-order valence-electron chi connectivity index (χ1n) is 16.6. The molecule has 3 saturated carbocycles. The summed E-state index contributed by atoms with van der Waals surface area (Å²) in [5.74, 6) is 0.246. The molecule has 1 amide bonds. The van der Waals surface area contributed by atoms with Crippen molar-refractivity contribution in [3.63, 3.8) is 0 Å². The van der Waals surface area contributed by atoms with Crippen molar-refractivity contribution in [2.75, 3.05) is 13.2 Å². The maximum Gasteiger partial charge on any atom is 0.411 e. The van der Waals surface area contributed by atoms with Gasteiger partial charge in [-0.2, -0.15) is 0 Å². The highest BCUT2D eigenvalue weighted by atomic mass is 16.6. The maximum absolute atomic E-state index is 13.3. The number of amides is 1. The molecule has 9 heteroatoms. The minimum Gasteiger partial charge on any atom is -0.457 e. The zero-order valence-corrected chi connectivity index (χ0v) is 26.7. The Kier molecular flexibility index (Phi) is 7.76. The van der Waals surface area contributed by atoms with E-state index in [1.807, 2.05) is 18.2 Å². The van der Waals surface area contributed by atoms with Crippen molar-refractivity contribution in [1.29, 1.82) is 0 Å². The zero-order valence-electron chi connectivity index (χ0n) is 26.7. The minimum absolute atomic E-state index is 0.00406. The molecule has 0 spiro atoms. The number of fused-ring (bicyclic) bond motifs is 3. The van der Waals surface area contributed by atoms with Gasteiger partial charge < -0.3 is 14.2 Å². The van der Waals surface area contributed by atoms with Crippen LogP contribution >= 0.6 is 0 Å². The van der Waals surface area contributed by atoms with Crippen LogP contribution in [0, 0.1) is 23.7 Å². The summed E-state index contributed by atoms with van der Waals surface area (Å²) in [7, 11) is 0. The van der Waals surface area contributed by atoms with Crippen molar-refractivity contribution >= 4 is 29.6 Å². The van der Waals surface area contributed by atoms with Gasteiger partial charge in [-0.05, 0) is 112 Å². The van der Waals surface area contributed by atoms with Gasteiger partial charge in [-0.3, -0.25) is 19.3 Å². The number of ether oxygens (including phenoxy) is 3. The van der Waals surface area contributed by atoms with Crippen LogP contribution in [0.3, 0.4) is 0 Å². The number of hydrogen-bond donors (Lipinski definition) is 0. The lowest BCUT2D eigenvalue weighted by Gasteiger charge is -2.29. The van der Waals surface area contributed by atoms with E-state index in [0.29, 0.717) is 29.4 Å². The van der Waals surface area contributed by atoms with Gasteiger partial charge in [0.1, 0.15) is 11.6 Å². The average molecular weight is 628 g/mol. The molecule has 1 unspecified atom stereocenters. The second-order valence-corrected chi connectivity index (χ2v) is 14.7. The number of likely N-dealkylation sites (tertiary alicyclic amines) is 1. The van der Waals surface area contributed by atoms with Gasteiger partial charge in [0, 0.05) is 17.2 Å². The third-order valence-corrected chi connectivity index (χ3v) is 10.4. The van der Waals surface area contributed by atoms with E-state index in [0.717, 1.165) is 60.8 Å². The van der Waals surface area contributed by atoms with E-state index < -0.39 is 23.7 Å². The highest BCUT2D eigenvalue weighted by molar-refractivity contribution is 6.01. The van der Waals surface area contributed by atoms with E-state index in [4.69, 9.17) is 14.2 Å². The third kappa shape index (κ3) is 6.08. The fraction of sp³-hybridized carbons (Fsp3) is 0.541. The van der Waals surface area contributed by atoms with Crippen molar-refractivity contribution in [2.24, 2.45) is 23.7 Å². The first-order valence-corrected chi connectivity index (χ1v) is 16.6. The van der Waals surface area contributed by atoms with Gasteiger partial charge >= 0.3 is 18.0 Å². The predicted octanol–water partition coefficient (Wildman–Crippen LogP) is 5.74. The van der Waals surface area contributed by atoms with Crippen LogP contribution in [0.5, 0.6) is 0 Å². The summed E-state index contributed by atoms with van der Waals surface area (Å²) in [5.41, 5.74) is 4.36. The molecule has 1 saturated heterocycles. The van der Waals surface area contributed by atoms with Crippen LogP contribution in [-0.4, -0.2) is 65.4 Å². The van der Waals surface area contributed by atoms with Crippen LogP contribution in [0.1, 0.15) is 91.1 Å². The first kappa shape index (κ1) is 30.6. The predicted molar refractivity (Wildman–Crippen MR) is 167 cm³/mol. The Balaban J connectivity index is 0.968. The molecule has 46 heavy (non-hydrogen) atoms. The van der Waals surface area contributed by atoms with Gasteiger partial charge in [0.05, 0.1) is 5.92 Å². The lowest BCUT2D eigenvalue weighted by Crippen LogP contribution is -2.46. The SMILES string of the molecule is CC(C)(C)OC(=O)N1[C@@H]2C[C@@H]2C[C@H]1C(=O)OCC(=O)c1ccc(-c2ccc(C(=O)COC(=O)C3C[C@@H]4C[C@@H]4C3)cc2)c2c1CCC2. The molecule has 4 fully saturated rings. The molecule has 2 aromatic carbocycles. The van der Waals surface area contributed by atoms with Gasteiger partial charge in [0.15, 0.2) is 19.0 Å². The van der Waals surface area contributed by atoms with Gasteiger partial charge in [0.25, 0.3) is 0 Å². The smallest absolute Gasteiger partial charge is 0.411 e. The number of Topliss-reactive ketones (excluding diaryl/α,β-unsaturated/α-hetero) is 2. The summed E-state index contributed by atoms with van der Waals surface area (Å²) in [5, 5.41) is 0. The van der Waals surface area contributed by atoms with Crippen LogP contribution in [0.2, 0.25) is 0 Å². The van der Waals surface area contributed by atoms with E-state index in [9.17, 15) is 24.0 Å². The number of hydrogen-bond acceptors (Lipinski definition) is 8. The first-order chi connectivity index (χ1) is 22.0. The molecule has 242 valence electrons. The van der Waals surface area contributed by atoms with Crippen LogP contribution in [0.4, 0.5) is 4.79 Å². The zero-order chi connectivity index (χ0) is 32.3. The molecule has 0 radical (unpaired) electrons. The van der Waals surface area contributed by atoms with Crippen molar-refractivity contribution < 1.29 is 38.2 Å². The molecule has 7 rings (SSSR count). The molecular formula is C37H41NO8. The highest BCUT2D eigenvalue weighted by Crippen LogP contribution is 2.54. The molecule has 2 aromatic rings. The fourth-order valence-electron chi connectivity index (χ4n) is 7.87. The van der Waals surface area contributed by atoms with E-state index in [1.54, 1.807) is 39.0 Å². The number of benzene rings is 2. The summed E-state index contributed by atoms with van der Waals surface area (Å²) in [6.45, 7) is 4.73. The summed E-state index contributed by atoms with van der Waals surface area (Å²) in [6.07, 6.45) is 6.35. The number of rotatable bonds is 9. The van der Waals surface area contributed by atoms with Crippen LogP contribution in [0.25, 0.3) is 11.1 Å². The molecule has 5 aliphatic rings. The lowest BCUT2D eigenvalue weighted by atomic mass is 9.91. The fourth-order valence-corrected chi connectivity index (χ4v) is 7.87. The number of nitrogens with zero attached hydrogens (tertiary/aromatic N) is 1. The molecule has 1 heterocycles. The van der Waals surface area contributed by atoms with E-state index >= 15 is 0 Å². The molecule has 0 N–H and O–H groups in total.